The maximum Gasteiger partial charge on any atom is 0.338 e. The van der Waals surface area contributed by atoms with E-state index in [4.69, 9.17) is 9.47 Å². The molecule has 0 aliphatic rings. The Bertz CT molecular complexity index is 811. The maximum atomic E-state index is 11.9. The molecule has 0 bridgehead atoms. The summed E-state index contributed by atoms with van der Waals surface area (Å²) in [6, 6.07) is 7.95. The average molecular weight is 400 g/mol. The number of esters is 2. The SMILES string of the molecule is CCCCOC(=O)c1ccc(NC(=O)COC(=O)CN(C)c2ncccn2)cc1. The summed E-state index contributed by atoms with van der Waals surface area (Å²) in [5, 5.41) is 2.59. The van der Waals surface area contributed by atoms with E-state index in [0.29, 0.717) is 23.8 Å². The number of rotatable bonds is 10. The fourth-order valence-electron chi connectivity index (χ4n) is 2.22. The Balaban J connectivity index is 1.74. The van der Waals surface area contributed by atoms with Gasteiger partial charge in [0.05, 0.1) is 12.2 Å². The van der Waals surface area contributed by atoms with Crippen molar-refractivity contribution in [1.82, 2.24) is 9.97 Å². The fraction of sp³-hybridized carbons (Fsp3) is 0.350. The monoisotopic (exact) mass is 400 g/mol. The summed E-state index contributed by atoms with van der Waals surface area (Å²) in [6.45, 7) is 1.87. The molecule has 2 aromatic rings. The molecule has 1 heterocycles. The lowest BCUT2D eigenvalue weighted by Gasteiger charge is -2.15. The lowest BCUT2D eigenvalue weighted by atomic mass is 10.2. The number of hydrogen-bond acceptors (Lipinski definition) is 8. The van der Waals surface area contributed by atoms with Crippen LogP contribution in [0.1, 0.15) is 30.1 Å². The van der Waals surface area contributed by atoms with Gasteiger partial charge in [0, 0.05) is 25.1 Å². The minimum absolute atomic E-state index is 0.0911. The van der Waals surface area contributed by atoms with Gasteiger partial charge in [-0.2, -0.15) is 0 Å². The van der Waals surface area contributed by atoms with Crippen LogP contribution in [0, 0.1) is 0 Å². The largest absolute Gasteiger partial charge is 0.462 e. The van der Waals surface area contributed by atoms with Crippen LogP contribution in [0.5, 0.6) is 0 Å². The number of ether oxygens (including phenoxy) is 2. The fourth-order valence-corrected chi connectivity index (χ4v) is 2.22. The number of benzene rings is 1. The van der Waals surface area contributed by atoms with Gasteiger partial charge in [0.15, 0.2) is 6.61 Å². The zero-order valence-electron chi connectivity index (χ0n) is 16.5. The van der Waals surface area contributed by atoms with Crippen molar-refractivity contribution in [3.63, 3.8) is 0 Å². The molecule has 0 unspecified atom stereocenters. The van der Waals surface area contributed by atoms with Gasteiger partial charge < -0.3 is 19.7 Å². The molecule has 1 aromatic carbocycles. The third kappa shape index (κ3) is 7.57. The number of likely N-dealkylation sites (N-methyl/N-ethyl adjacent to an activating group) is 1. The zero-order valence-corrected chi connectivity index (χ0v) is 16.5. The van der Waals surface area contributed by atoms with Crippen LogP contribution >= 0.6 is 0 Å². The number of unbranched alkanes of at least 4 members (excludes halogenated alkanes) is 1. The first-order chi connectivity index (χ1) is 14.0. The molecule has 0 aliphatic carbocycles. The number of aromatic nitrogens is 2. The Morgan fingerprint density at radius 1 is 1.07 bits per heavy atom. The second-order valence-corrected chi connectivity index (χ2v) is 6.18. The van der Waals surface area contributed by atoms with Crippen molar-refractivity contribution in [3.8, 4) is 0 Å². The first-order valence-electron chi connectivity index (χ1n) is 9.20. The summed E-state index contributed by atoms with van der Waals surface area (Å²) in [7, 11) is 1.64. The molecule has 0 saturated carbocycles. The van der Waals surface area contributed by atoms with Crippen LogP contribution in [-0.4, -0.2) is 54.6 Å². The van der Waals surface area contributed by atoms with Crippen LogP contribution < -0.4 is 10.2 Å². The van der Waals surface area contributed by atoms with Gasteiger partial charge in [0.1, 0.15) is 6.54 Å². The van der Waals surface area contributed by atoms with Crippen LogP contribution in [0.15, 0.2) is 42.7 Å². The first kappa shape index (κ1) is 21.8. The van der Waals surface area contributed by atoms with Gasteiger partial charge in [-0.3, -0.25) is 9.59 Å². The van der Waals surface area contributed by atoms with E-state index in [9.17, 15) is 14.4 Å². The summed E-state index contributed by atoms with van der Waals surface area (Å²) in [5.41, 5.74) is 0.877. The molecule has 29 heavy (non-hydrogen) atoms. The molecule has 0 saturated heterocycles. The molecule has 0 spiro atoms. The van der Waals surface area contributed by atoms with E-state index in [0.717, 1.165) is 12.8 Å². The lowest BCUT2D eigenvalue weighted by molar-refractivity contribution is -0.145. The van der Waals surface area contributed by atoms with E-state index in [1.54, 1.807) is 49.8 Å². The van der Waals surface area contributed by atoms with Gasteiger partial charge in [-0.15, -0.1) is 0 Å². The van der Waals surface area contributed by atoms with E-state index in [2.05, 4.69) is 15.3 Å². The summed E-state index contributed by atoms with van der Waals surface area (Å²) in [6.07, 6.45) is 4.88. The minimum atomic E-state index is -0.583. The van der Waals surface area contributed by atoms with Crippen molar-refractivity contribution >= 4 is 29.5 Å². The summed E-state index contributed by atoms with van der Waals surface area (Å²) >= 11 is 0. The van der Waals surface area contributed by atoms with Crippen molar-refractivity contribution in [2.45, 2.75) is 19.8 Å². The highest BCUT2D eigenvalue weighted by molar-refractivity contribution is 5.94. The number of carbonyl (C=O) groups is 3. The van der Waals surface area contributed by atoms with E-state index < -0.39 is 24.5 Å². The van der Waals surface area contributed by atoms with Crippen LogP contribution in [0.2, 0.25) is 0 Å². The van der Waals surface area contributed by atoms with Gasteiger partial charge in [0.2, 0.25) is 5.95 Å². The molecule has 0 aliphatic heterocycles. The van der Waals surface area contributed by atoms with E-state index in [1.165, 1.54) is 4.90 Å². The smallest absolute Gasteiger partial charge is 0.338 e. The number of amides is 1. The van der Waals surface area contributed by atoms with Gasteiger partial charge in [-0.25, -0.2) is 14.8 Å². The highest BCUT2D eigenvalue weighted by Crippen LogP contribution is 2.11. The van der Waals surface area contributed by atoms with Gasteiger partial charge in [-0.1, -0.05) is 13.3 Å². The molecule has 2 rings (SSSR count). The summed E-state index contributed by atoms with van der Waals surface area (Å²) in [5.74, 6) is -1.10. The van der Waals surface area contributed by atoms with Crippen LogP contribution in [0.4, 0.5) is 11.6 Å². The molecule has 9 nitrogen and oxygen atoms in total. The summed E-state index contributed by atoms with van der Waals surface area (Å²) in [4.78, 5) is 45.2. The molecular weight excluding hydrogens is 376 g/mol. The zero-order chi connectivity index (χ0) is 21.1. The van der Waals surface area contributed by atoms with Crippen molar-refractivity contribution in [2.75, 3.05) is 37.0 Å². The number of nitrogens with zero attached hydrogens (tertiary/aromatic N) is 3. The van der Waals surface area contributed by atoms with Crippen LogP contribution in [0.25, 0.3) is 0 Å². The lowest BCUT2D eigenvalue weighted by Crippen LogP contribution is -2.30. The molecule has 1 aromatic heterocycles. The highest BCUT2D eigenvalue weighted by atomic mass is 16.5. The molecule has 0 atom stereocenters. The van der Waals surface area contributed by atoms with Crippen LogP contribution in [-0.2, 0) is 19.1 Å². The van der Waals surface area contributed by atoms with Gasteiger partial charge >= 0.3 is 11.9 Å². The minimum Gasteiger partial charge on any atom is -0.462 e. The van der Waals surface area contributed by atoms with E-state index >= 15 is 0 Å². The predicted octanol–water partition coefficient (Wildman–Crippen LogP) is 2.05. The Labute approximate surface area is 169 Å². The topological polar surface area (TPSA) is 111 Å². The van der Waals surface area contributed by atoms with Crippen molar-refractivity contribution < 1.29 is 23.9 Å². The molecule has 9 heteroatoms. The molecule has 154 valence electrons. The first-order valence-corrected chi connectivity index (χ1v) is 9.20. The number of nitrogens with one attached hydrogen (secondary N) is 1. The molecule has 1 N–H and O–H groups in total. The van der Waals surface area contributed by atoms with Crippen molar-refractivity contribution in [1.29, 1.82) is 0 Å². The Hall–Kier alpha value is -3.49. The molecule has 0 radical (unpaired) electrons. The van der Waals surface area contributed by atoms with Crippen molar-refractivity contribution in [2.24, 2.45) is 0 Å². The Morgan fingerprint density at radius 3 is 2.41 bits per heavy atom. The van der Waals surface area contributed by atoms with Gasteiger partial charge in [0.25, 0.3) is 5.91 Å². The van der Waals surface area contributed by atoms with E-state index in [1.807, 2.05) is 6.92 Å². The Morgan fingerprint density at radius 2 is 1.76 bits per heavy atom. The third-order valence-electron chi connectivity index (χ3n) is 3.76. The molecular formula is C20H24N4O5. The van der Waals surface area contributed by atoms with Crippen molar-refractivity contribution in [3.05, 3.63) is 48.3 Å². The number of anilines is 2. The average Bonchev–Trinajstić information content (AvgIpc) is 2.73. The molecule has 1 amide bonds. The normalized spacial score (nSPS) is 10.1. The predicted molar refractivity (Wildman–Crippen MR) is 107 cm³/mol. The van der Waals surface area contributed by atoms with Gasteiger partial charge in [-0.05, 0) is 36.8 Å². The quantitative estimate of drug-likeness (QED) is 0.477. The number of hydrogen-bond donors (Lipinski definition) is 1. The maximum absolute atomic E-state index is 11.9. The number of carbonyl (C=O) groups excluding carboxylic acids is 3. The third-order valence-corrected chi connectivity index (χ3v) is 3.76. The highest BCUT2D eigenvalue weighted by Gasteiger charge is 2.13. The second kappa shape index (κ2) is 11.4. The Kier molecular flexibility index (Phi) is 8.55. The van der Waals surface area contributed by atoms with E-state index in [-0.39, 0.29) is 6.54 Å². The second-order valence-electron chi connectivity index (χ2n) is 6.18. The molecule has 0 fully saturated rings. The van der Waals surface area contributed by atoms with Crippen LogP contribution in [0.3, 0.4) is 0 Å². The summed E-state index contributed by atoms with van der Waals surface area (Å²) < 4.78 is 10.1. The standard InChI is InChI=1S/C20H24N4O5/c1-3-4-12-28-19(27)15-6-8-16(9-7-15)23-17(25)14-29-18(26)13-24(2)20-21-10-5-11-22-20/h5-11H,3-4,12-14H2,1-2H3,(H,23,25).